The normalized spacial score (nSPS) is 12.6. The summed E-state index contributed by atoms with van der Waals surface area (Å²) in [6, 6.07) is 9.59. The predicted octanol–water partition coefficient (Wildman–Crippen LogP) is 2.87. The monoisotopic (exact) mass is 295 g/mol. The fraction of sp³-hybridized carbons (Fsp3) is 0.231. The number of benzene rings is 1. The number of hydrogen-bond donors (Lipinski definition) is 2. The molecular weight excluding hydrogens is 282 g/mol. The van der Waals surface area contributed by atoms with Gasteiger partial charge in [-0.1, -0.05) is 28.1 Å². The van der Waals surface area contributed by atoms with Crippen molar-refractivity contribution in [2.45, 2.75) is 12.6 Å². The molecule has 0 saturated carbocycles. The maximum absolute atomic E-state index is 9.97. The third-order valence-corrected chi connectivity index (χ3v) is 2.97. The molecule has 90 valence electrons. The Bertz CT molecular complexity index is 456. The summed E-state index contributed by atoms with van der Waals surface area (Å²) < 4.78 is 5.94. The average molecular weight is 296 g/mol. The van der Waals surface area contributed by atoms with Crippen LogP contribution in [0.1, 0.15) is 17.2 Å². The molecule has 1 atom stereocenters. The van der Waals surface area contributed by atoms with Crippen molar-refractivity contribution < 1.29 is 9.52 Å². The maximum atomic E-state index is 9.97. The lowest BCUT2D eigenvalue weighted by Crippen LogP contribution is -2.20. The lowest BCUT2D eigenvalue weighted by Gasteiger charge is -2.12. The molecule has 1 aromatic heterocycles. The molecule has 1 aromatic carbocycles. The molecule has 2 N–H and O–H groups in total. The largest absolute Gasteiger partial charge is 0.472 e. The second-order valence-electron chi connectivity index (χ2n) is 3.83. The van der Waals surface area contributed by atoms with E-state index >= 15 is 0 Å². The predicted molar refractivity (Wildman–Crippen MR) is 69.5 cm³/mol. The zero-order valence-corrected chi connectivity index (χ0v) is 10.9. The molecule has 3 nitrogen and oxygen atoms in total. The van der Waals surface area contributed by atoms with Gasteiger partial charge in [-0.25, -0.2) is 0 Å². The number of rotatable bonds is 5. The standard InChI is InChI=1S/C13H14BrNO2/c14-12-3-1-2-11(6-12)13(16)8-15-7-10-4-5-17-9-10/h1-6,9,13,15-16H,7-8H2. The van der Waals surface area contributed by atoms with Gasteiger partial charge in [-0.05, 0) is 23.8 Å². The molecule has 2 aromatic rings. The smallest absolute Gasteiger partial charge is 0.0947 e. The van der Waals surface area contributed by atoms with Crippen LogP contribution in [0.2, 0.25) is 0 Å². The molecule has 17 heavy (non-hydrogen) atoms. The summed E-state index contributed by atoms with van der Waals surface area (Å²) >= 11 is 3.39. The molecule has 4 heteroatoms. The Morgan fingerprint density at radius 2 is 2.24 bits per heavy atom. The van der Waals surface area contributed by atoms with Crippen molar-refractivity contribution >= 4 is 15.9 Å². The number of aliphatic hydroxyl groups excluding tert-OH is 1. The van der Waals surface area contributed by atoms with Crippen molar-refractivity contribution in [1.82, 2.24) is 5.32 Å². The third kappa shape index (κ3) is 3.70. The highest BCUT2D eigenvalue weighted by Crippen LogP contribution is 2.17. The van der Waals surface area contributed by atoms with Gasteiger partial charge in [0.2, 0.25) is 0 Å². The molecule has 0 aliphatic rings. The molecule has 0 radical (unpaired) electrons. The third-order valence-electron chi connectivity index (χ3n) is 2.48. The molecule has 0 fully saturated rings. The topological polar surface area (TPSA) is 45.4 Å². The van der Waals surface area contributed by atoms with Gasteiger partial charge in [0.15, 0.2) is 0 Å². The van der Waals surface area contributed by atoms with Crippen LogP contribution >= 0.6 is 15.9 Å². The zero-order valence-electron chi connectivity index (χ0n) is 9.27. The van der Waals surface area contributed by atoms with Crippen LogP contribution < -0.4 is 5.32 Å². The minimum absolute atomic E-state index is 0.501. The van der Waals surface area contributed by atoms with Gasteiger partial charge in [-0.2, -0.15) is 0 Å². The first-order valence-electron chi connectivity index (χ1n) is 5.41. The van der Waals surface area contributed by atoms with Gasteiger partial charge in [-0.3, -0.25) is 0 Å². The molecule has 0 saturated heterocycles. The Balaban J connectivity index is 1.83. The van der Waals surface area contributed by atoms with Crippen LogP contribution in [0.3, 0.4) is 0 Å². The molecule has 1 unspecified atom stereocenters. The van der Waals surface area contributed by atoms with Gasteiger partial charge in [-0.15, -0.1) is 0 Å². The van der Waals surface area contributed by atoms with E-state index in [1.165, 1.54) is 0 Å². The fourth-order valence-corrected chi connectivity index (χ4v) is 2.00. The van der Waals surface area contributed by atoms with Crippen molar-refractivity contribution in [3.05, 3.63) is 58.5 Å². The Hall–Kier alpha value is -1.10. The van der Waals surface area contributed by atoms with Gasteiger partial charge in [0.25, 0.3) is 0 Å². The van der Waals surface area contributed by atoms with Gasteiger partial charge in [0.1, 0.15) is 0 Å². The summed E-state index contributed by atoms with van der Waals surface area (Å²) in [5, 5.41) is 13.1. The molecule has 1 heterocycles. The summed E-state index contributed by atoms with van der Waals surface area (Å²) in [7, 11) is 0. The van der Waals surface area contributed by atoms with Gasteiger partial charge < -0.3 is 14.8 Å². The summed E-state index contributed by atoms with van der Waals surface area (Å²) in [5.41, 5.74) is 1.98. The summed E-state index contributed by atoms with van der Waals surface area (Å²) in [6.45, 7) is 1.21. The van der Waals surface area contributed by atoms with Crippen molar-refractivity contribution in [2.24, 2.45) is 0 Å². The lowest BCUT2D eigenvalue weighted by atomic mass is 10.1. The van der Waals surface area contributed by atoms with Crippen molar-refractivity contribution in [1.29, 1.82) is 0 Å². The average Bonchev–Trinajstić information content (AvgIpc) is 2.82. The van der Waals surface area contributed by atoms with Crippen molar-refractivity contribution in [2.75, 3.05) is 6.54 Å². The Labute approximate surface area is 109 Å². The van der Waals surface area contributed by atoms with Crippen LogP contribution in [0.15, 0.2) is 51.7 Å². The van der Waals surface area contributed by atoms with E-state index < -0.39 is 6.10 Å². The van der Waals surface area contributed by atoms with Gasteiger partial charge in [0.05, 0.1) is 18.6 Å². The Kier molecular flexibility index (Phi) is 4.36. The second kappa shape index (κ2) is 6.00. The number of aliphatic hydroxyl groups is 1. The van der Waals surface area contributed by atoms with E-state index in [1.54, 1.807) is 12.5 Å². The van der Waals surface area contributed by atoms with Crippen LogP contribution in [0, 0.1) is 0 Å². The molecule has 0 aliphatic heterocycles. The van der Waals surface area contributed by atoms with Crippen molar-refractivity contribution in [3.8, 4) is 0 Å². The number of hydrogen-bond acceptors (Lipinski definition) is 3. The van der Waals surface area contributed by atoms with Crippen LogP contribution in [0.5, 0.6) is 0 Å². The molecular formula is C13H14BrNO2. The van der Waals surface area contributed by atoms with Crippen LogP contribution in [-0.2, 0) is 6.54 Å². The van der Waals surface area contributed by atoms with E-state index in [1.807, 2.05) is 30.3 Å². The summed E-state index contributed by atoms with van der Waals surface area (Å²) in [6.07, 6.45) is 2.83. The highest BCUT2D eigenvalue weighted by atomic mass is 79.9. The minimum atomic E-state index is -0.501. The van der Waals surface area contributed by atoms with E-state index in [4.69, 9.17) is 4.42 Å². The highest BCUT2D eigenvalue weighted by molar-refractivity contribution is 9.10. The zero-order chi connectivity index (χ0) is 12.1. The van der Waals surface area contributed by atoms with Crippen LogP contribution in [0.4, 0.5) is 0 Å². The quantitative estimate of drug-likeness (QED) is 0.892. The molecule has 2 rings (SSSR count). The minimum Gasteiger partial charge on any atom is -0.472 e. The van der Waals surface area contributed by atoms with E-state index in [0.29, 0.717) is 13.1 Å². The first kappa shape index (κ1) is 12.4. The van der Waals surface area contributed by atoms with E-state index in [9.17, 15) is 5.11 Å². The lowest BCUT2D eigenvalue weighted by molar-refractivity contribution is 0.174. The van der Waals surface area contributed by atoms with Gasteiger partial charge >= 0.3 is 0 Å². The highest BCUT2D eigenvalue weighted by Gasteiger charge is 2.07. The first-order chi connectivity index (χ1) is 8.25. The summed E-state index contributed by atoms with van der Waals surface area (Å²) in [5.74, 6) is 0. The number of nitrogens with one attached hydrogen (secondary N) is 1. The molecule has 0 amide bonds. The second-order valence-corrected chi connectivity index (χ2v) is 4.75. The molecule has 0 aliphatic carbocycles. The Morgan fingerprint density at radius 3 is 2.94 bits per heavy atom. The summed E-state index contributed by atoms with van der Waals surface area (Å²) in [4.78, 5) is 0. The van der Waals surface area contributed by atoms with E-state index in [-0.39, 0.29) is 0 Å². The van der Waals surface area contributed by atoms with E-state index in [2.05, 4.69) is 21.2 Å². The molecule has 0 bridgehead atoms. The first-order valence-corrected chi connectivity index (χ1v) is 6.20. The van der Waals surface area contributed by atoms with Crippen LogP contribution in [-0.4, -0.2) is 11.7 Å². The SMILES string of the molecule is OC(CNCc1ccoc1)c1cccc(Br)c1. The molecule has 0 spiro atoms. The van der Waals surface area contributed by atoms with E-state index in [0.717, 1.165) is 15.6 Å². The van der Waals surface area contributed by atoms with Crippen LogP contribution in [0.25, 0.3) is 0 Å². The Morgan fingerprint density at radius 1 is 1.35 bits per heavy atom. The fourth-order valence-electron chi connectivity index (χ4n) is 1.58. The van der Waals surface area contributed by atoms with Gasteiger partial charge in [0, 0.05) is 23.1 Å². The number of halogens is 1. The van der Waals surface area contributed by atoms with Crippen molar-refractivity contribution in [3.63, 3.8) is 0 Å². The maximum Gasteiger partial charge on any atom is 0.0947 e. The number of furan rings is 1.